The first-order chi connectivity index (χ1) is 8.31. The Balaban J connectivity index is 3.01. The summed E-state index contributed by atoms with van der Waals surface area (Å²) in [4.78, 5) is 14.4. The van der Waals surface area contributed by atoms with E-state index in [1.807, 2.05) is 24.8 Å². The SMILES string of the molecule is CC(C)CN(C(=O)c1cc(Cl)cc(Br)c1)C(C)C. The second kappa shape index (κ2) is 6.58. The molecule has 1 aromatic carbocycles. The van der Waals surface area contributed by atoms with Gasteiger partial charge in [-0.2, -0.15) is 0 Å². The first-order valence-corrected chi connectivity index (χ1v) is 7.25. The van der Waals surface area contributed by atoms with Crippen LogP contribution in [0, 0.1) is 5.92 Å². The summed E-state index contributed by atoms with van der Waals surface area (Å²) in [6.07, 6.45) is 0. The number of amides is 1. The van der Waals surface area contributed by atoms with E-state index in [4.69, 9.17) is 11.6 Å². The fourth-order valence-electron chi connectivity index (χ4n) is 1.76. The van der Waals surface area contributed by atoms with Crippen LogP contribution in [0.3, 0.4) is 0 Å². The van der Waals surface area contributed by atoms with Crippen molar-refractivity contribution >= 4 is 33.4 Å². The van der Waals surface area contributed by atoms with Crippen LogP contribution in [0.15, 0.2) is 22.7 Å². The molecular formula is C14H19BrClNO. The summed E-state index contributed by atoms with van der Waals surface area (Å²) in [7, 11) is 0. The van der Waals surface area contributed by atoms with E-state index in [0.717, 1.165) is 11.0 Å². The Bertz CT molecular complexity index is 412. The lowest BCUT2D eigenvalue weighted by atomic mass is 10.1. The summed E-state index contributed by atoms with van der Waals surface area (Å²) in [6.45, 7) is 9.02. The van der Waals surface area contributed by atoms with E-state index < -0.39 is 0 Å². The van der Waals surface area contributed by atoms with Gasteiger partial charge >= 0.3 is 0 Å². The average molecular weight is 333 g/mol. The van der Waals surface area contributed by atoms with Crippen molar-refractivity contribution < 1.29 is 4.79 Å². The van der Waals surface area contributed by atoms with Gasteiger partial charge in [0.15, 0.2) is 0 Å². The third kappa shape index (κ3) is 4.29. The first-order valence-electron chi connectivity index (χ1n) is 6.08. The molecule has 0 spiro atoms. The number of hydrogen-bond acceptors (Lipinski definition) is 1. The van der Waals surface area contributed by atoms with Gasteiger partial charge in [0, 0.05) is 27.6 Å². The standard InChI is InChI=1S/C14H19BrClNO/c1-9(2)8-17(10(3)4)14(18)11-5-12(15)7-13(16)6-11/h5-7,9-10H,8H2,1-4H3. The van der Waals surface area contributed by atoms with Crippen molar-refractivity contribution in [2.45, 2.75) is 33.7 Å². The summed E-state index contributed by atoms with van der Waals surface area (Å²) in [5, 5.41) is 0.570. The van der Waals surface area contributed by atoms with E-state index in [9.17, 15) is 4.79 Å². The molecule has 0 atom stereocenters. The highest BCUT2D eigenvalue weighted by molar-refractivity contribution is 9.10. The molecule has 0 N–H and O–H groups in total. The minimum Gasteiger partial charge on any atom is -0.336 e. The van der Waals surface area contributed by atoms with Gasteiger partial charge in [0.1, 0.15) is 0 Å². The second-order valence-electron chi connectivity index (χ2n) is 5.10. The van der Waals surface area contributed by atoms with Crippen molar-refractivity contribution in [2.75, 3.05) is 6.54 Å². The number of nitrogens with zero attached hydrogens (tertiary/aromatic N) is 1. The Hall–Kier alpha value is -0.540. The first kappa shape index (κ1) is 15.5. The number of carbonyl (C=O) groups excluding carboxylic acids is 1. The van der Waals surface area contributed by atoms with Crippen molar-refractivity contribution in [3.8, 4) is 0 Å². The van der Waals surface area contributed by atoms with E-state index in [0.29, 0.717) is 16.5 Å². The van der Waals surface area contributed by atoms with Gasteiger partial charge < -0.3 is 4.90 Å². The van der Waals surface area contributed by atoms with Crippen molar-refractivity contribution in [3.05, 3.63) is 33.3 Å². The molecule has 1 amide bonds. The second-order valence-corrected chi connectivity index (χ2v) is 6.46. The van der Waals surface area contributed by atoms with Gasteiger partial charge in [-0.3, -0.25) is 4.79 Å². The number of halogens is 2. The maximum atomic E-state index is 12.5. The van der Waals surface area contributed by atoms with Crippen LogP contribution < -0.4 is 0 Å². The van der Waals surface area contributed by atoms with E-state index in [1.165, 1.54) is 0 Å². The van der Waals surface area contributed by atoms with Crippen LogP contribution in [-0.2, 0) is 0 Å². The van der Waals surface area contributed by atoms with Gasteiger partial charge in [-0.05, 0) is 38.0 Å². The Kier molecular flexibility index (Phi) is 5.67. The Labute approximate surface area is 122 Å². The Morgan fingerprint density at radius 2 is 1.89 bits per heavy atom. The molecule has 0 aliphatic carbocycles. The van der Waals surface area contributed by atoms with E-state index in [2.05, 4.69) is 29.8 Å². The molecule has 1 aromatic rings. The van der Waals surface area contributed by atoms with E-state index >= 15 is 0 Å². The summed E-state index contributed by atoms with van der Waals surface area (Å²) in [6, 6.07) is 5.48. The number of benzene rings is 1. The van der Waals surface area contributed by atoms with Crippen molar-refractivity contribution in [3.63, 3.8) is 0 Å². The van der Waals surface area contributed by atoms with Crippen molar-refractivity contribution in [1.29, 1.82) is 0 Å². The summed E-state index contributed by atoms with van der Waals surface area (Å²) < 4.78 is 0.826. The number of carbonyl (C=O) groups is 1. The van der Waals surface area contributed by atoms with Crippen LogP contribution in [0.1, 0.15) is 38.1 Å². The minimum atomic E-state index is 0.0295. The predicted octanol–water partition coefficient (Wildman–Crippen LogP) is 4.61. The van der Waals surface area contributed by atoms with Gasteiger partial charge in [0.25, 0.3) is 5.91 Å². The lowest BCUT2D eigenvalue weighted by Gasteiger charge is -2.28. The van der Waals surface area contributed by atoms with Crippen LogP contribution in [0.25, 0.3) is 0 Å². The van der Waals surface area contributed by atoms with Gasteiger partial charge in [0.05, 0.1) is 0 Å². The van der Waals surface area contributed by atoms with Crippen molar-refractivity contribution in [1.82, 2.24) is 4.90 Å². The fourth-order valence-corrected chi connectivity index (χ4v) is 2.62. The summed E-state index contributed by atoms with van der Waals surface area (Å²) in [5.74, 6) is 0.473. The van der Waals surface area contributed by atoms with Gasteiger partial charge in [0.2, 0.25) is 0 Å². The molecule has 0 aliphatic rings. The molecule has 0 bridgehead atoms. The highest BCUT2D eigenvalue weighted by Gasteiger charge is 2.20. The lowest BCUT2D eigenvalue weighted by molar-refractivity contribution is 0.0682. The predicted molar refractivity (Wildman–Crippen MR) is 80.2 cm³/mol. The zero-order chi connectivity index (χ0) is 13.9. The molecule has 0 saturated carbocycles. The summed E-state index contributed by atoms with van der Waals surface area (Å²) >= 11 is 9.35. The monoisotopic (exact) mass is 331 g/mol. The van der Waals surface area contributed by atoms with E-state index in [1.54, 1.807) is 12.1 Å². The molecule has 0 aliphatic heterocycles. The van der Waals surface area contributed by atoms with Crippen LogP contribution in [0.5, 0.6) is 0 Å². The molecule has 0 heterocycles. The number of rotatable bonds is 4. The van der Waals surface area contributed by atoms with Crippen molar-refractivity contribution in [2.24, 2.45) is 5.92 Å². The van der Waals surface area contributed by atoms with Crippen LogP contribution in [0.4, 0.5) is 0 Å². The highest BCUT2D eigenvalue weighted by Crippen LogP contribution is 2.21. The normalized spacial score (nSPS) is 11.1. The third-order valence-electron chi connectivity index (χ3n) is 2.56. The molecule has 0 saturated heterocycles. The van der Waals surface area contributed by atoms with Gasteiger partial charge in [-0.15, -0.1) is 0 Å². The molecule has 2 nitrogen and oxygen atoms in total. The topological polar surface area (TPSA) is 20.3 Å². The fraction of sp³-hybridized carbons (Fsp3) is 0.500. The zero-order valence-corrected chi connectivity index (χ0v) is 13.5. The van der Waals surface area contributed by atoms with Crippen LogP contribution in [0.2, 0.25) is 5.02 Å². The molecule has 1 rings (SSSR count). The molecule has 0 radical (unpaired) electrons. The van der Waals surface area contributed by atoms with Gasteiger partial charge in [-0.1, -0.05) is 41.4 Å². The zero-order valence-electron chi connectivity index (χ0n) is 11.2. The maximum Gasteiger partial charge on any atom is 0.254 e. The highest BCUT2D eigenvalue weighted by atomic mass is 79.9. The molecular weight excluding hydrogens is 314 g/mol. The van der Waals surface area contributed by atoms with Gasteiger partial charge in [-0.25, -0.2) is 0 Å². The number of hydrogen-bond donors (Lipinski definition) is 0. The molecule has 18 heavy (non-hydrogen) atoms. The molecule has 0 fully saturated rings. The maximum absolute atomic E-state index is 12.5. The quantitative estimate of drug-likeness (QED) is 0.788. The summed E-state index contributed by atoms with van der Waals surface area (Å²) in [5.41, 5.74) is 0.628. The molecule has 4 heteroatoms. The molecule has 100 valence electrons. The average Bonchev–Trinajstić information content (AvgIpc) is 2.23. The molecule has 0 unspecified atom stereocenters. The minimum absolute atomic E-state index is 0.0295. The van der Waals surface area contributed by atoms with Crippen LogP contribution >= 0.6 is 27.5 Å². The Morgan fingerprint density at radius 1 is 1.28 bits per heavy atom. The largest absolute Gasteiger partial charge is 0.336 e. The lowest BCUT2D eigenvalue weighted by Crippen LogP contribution is -2.39. The van der Waals surface area contributed by atoms with E-state index in [-0.39, 0.29) is 11.9 Å². The van der Waals surface area contributed by atoms with Crippen LogP contribution in [-0.4, -0.2) is 23.4 Å². The smallest absolute Gasteiger partial charge is 0.254 e. The molecule has 0 aromatic heterocycles. The third-order valence-corrected chi connectivity index (χ3v) is 3.23. The Morgan fingerprint density at radius 3 is 2.33 bits per heavy atom.